The van der Waals surface area contributed by atoms with Crippen LogP contribution in [0.4, 0.5) is 0 Å². The Kier molecular flexibility index (Phi) is 4.06. The van der Waals surface area contributed by atoms with Crippen molar-refractivity contribution in [3.8, 4) is 11.4 Å². The highest BCUT2D eigenvalue weighted by Gasteiger charge is 2.25. The van der Waals surface area contributed by atoms with Crippen LogP contribution in [0, 0.1) is 0 Å². The van der Waals surface area contributed by atoms with Crippen LogP contribution in [0.3, 0.4) is 0 Å². The van der Waals surface area contributed by atoms with Crippen molar-refractivity contribution in [2.75, 3.05) is 0 Å². The third kappa shape index (κ3) is 2.69. The summed E-state index contributed by atoms with van der Waals surface area (Å²) in [7, 11) is 0. The SMILES string of the molecule is CCc1nc(C2CCCC2)n2nc(-c3ccc(C(N)=O)cc3)[nH]c(=O)c12. The molecule has 7 heteroatoms. The standard InChI is InChI=1S/C19H21N5O2/c1-2-14-15-19(26)22-17(12-9-7-11(8-10-12)16(20)25)23-24(15)18(21-14)13-5-3-4-6-13/h7-10,13H,2-6H2,1H3,(H2,20,25)(H,22,23,26). The molecule has 0 saturated heterocycles. The predicted molar refractivity (Wildman–Crippen MR) is 98.1 cm³/mol. The van der Waals surface area contributed by atoms with E-state index in [1.54, 1.807) is 28.8 Å². The highest BCUT2D eigenvalue weighted by atomic mass is 16.1. The summed E-state index contributed by atoms with van der Waals surface area (Å²) in [4.78, 5) is 31.6. The third-order valence-corrected chi connectivity index (χ3v) is 5.10. The number of hydrogen-bond donors (Lipinski definition) is 2. The Morgan fingerprint density at radius 2 is 1.96 bits per heavy atom. The van der Waals surface area contributed by atoms with Crippen LogP contribution in [0.25, 0.3) is 16.9 Å². The second-order valence-corrected chi connectivity index (χ2v) is 6.76. The number of H-pyrrole nitrogens is 1. The number of carbonyl (C=O) groups is 1. The molecule has 1 aliphatic carbocycles. The van der Waals surface area contributed by atoms with E-state index >= 15 is 0 Å². The fourth-order valence-corrected chi connectivity index (χ4v) is 3.71. The van der Waals surface area contributed by atoms with E-state index in [0.29, 0.717) is 29.2 Å². The fraction of sp³-hybridized carbons (Fsp3) is 0.368. The molecule has 26 heavy (non-hydrogen) atoms. The summed E-state index contributed by atoms with van der Waals surface area (Å²) in [5.74, 6) is 1.20. The molecule has 3 N–H and O–H groups in total. The summed E-state index contributed by atoms with van der Waals surface area (Å²) in [6.45, 7) is 2.00. The molecule has 0 spiro atoms. The first kappa shape index (κ1) is 16.5. The maximum Gasteiger partial charge on any atom is 0.277 e. The number of nitrogens with zero attached hydrogens (tertiary/aromatic N) is 3. The second kappa shape index (κ2) is 6.40. The number of benzene rings is 1. The van der Waals surface area contributed by atoms with Gasteiger partial charge in [-0.1, -0.05) is 31.9 Å². The van der Waals surface area contributed by atoms with E-state index in [9.17, 15) is 9.59 Å². The van der Waals surface area contributed by atoms with E-state index in [2.05, 4.69) is 10.1 Å². The molecule has 0 atom stereocenters. The van der Waals surface area contributed by atoms with Crippen molar-refractivity contribution in [3.05, 3.63) is 51.7 Å². The molecule has 1 saturated carbocycles. The van der Waals surface area contributed by atoms with Crippen LogP contribution in [-0.4, -0.2) is 25.5 Å². The van der Waals surface area contributed by atoms with E-state index < -0.39 is 5.91 Å². The van der Waals surface area contributed by atoms with Gasteiger partial charge in [-0.15, -0.1) is 5.10 Å². The maximum atomic E-state index is 12.7. The van der Waals surface area contributed by atoms with E-state index in [1.807, 2.05) is 6.92 Å². The lowest BCUT2D eigenvalue weighted by molar-refractivity contribution is 0.100. The molecule has 3 aromatic rings. The average molecular weight is 351 g/mol. The highest BCUT2D eigenvalue weighted by Crippen LogP contribution is 2.34. The summed E-state index contributed by atoms with van der Waals surface area (Å²) in [5, 5.41) is 4.68. The number of aromatic nitrogens is 4. The Bertz CT molecular complexity index is 1030. The Labute approximate surface area is 150 Å². The number of rotatable bonds is 4. The Morgan fingerprint density at radius 3 is 2.58 bits per heavy atom. The molecular formula is C19H21N5O2. The molecule has 4 rings (SSSR count). The Morgan fingerprint density at radius 1 is 1.27 bits per heavy atom. The second-order valence-electron chi connectivity index (χ2n) is 6.76. The summed E-state index contributed by atoms with van der Waals surface area (Å²) < 4.78 is 1.73. The van der Waals surface area contributed by atoms with E-state index in [4.69, 9.17) is 10.7 Å². The highest BCUT2D eigenvalue weighted by molar-refractivity contribution is 5.93. The number of nitrogens with one attached hydrogen (secondary N) is 1. The topological polar surface area (TPSA) is 106 Å². The quantitative estimate of drug-likeness (QED) is 0.752. The number of hydrogen-bond acceptors (Lipinski definition) is 4. The Balaban J connectivity index is 1.88. The number of amides is 1. The summed E-state index contributed by atoms with van der Waals surface area (Å²) in [5.41, 5.74) is 7.55. The van der Waals surface area contributed by atoms with Crippen LogP contribution in [-0.2, 0) is 6.42 Å². The normalized spacial score (nSPS) is 15.0. The van der Waals surface area contributed by atoms with Gasteiger partial charge in [0.05, 0.1) is 5.69 Å². The van der Waals surface area contributed by atoms with E-state index in [-0.39, 0.29) is 5.56 Å². The van der Waals surface area contributed by atoms with Crippen molar-refractivity contribution in [3.63, 3.8) is 0 Å². The van der Waals surface area contributed by atoms with Gasteiger partial charge in [-0.05, 0) is 31.4 Å². The fourth-order valence-electron chi connectivity index (χ4n) is 3.71. The van der Waals surface area contributed by atoms with Crippen LogP contribution in [0.15, 0.2) is 29.1 Å². The Hall–Kier alpha value is -2.96. The first-order valence-corrected chi connectivity index (χ1v) is 9.00. The first-order valence-electron chi connectivity index (χ1n) is 9.00. The average Bonchev–Trinajstić information content (AvgIpc) is 3.29. The molecule has 1 amide bonds. The lowest BCUT2D eigenvalue weighted by atomic mass is 10.1. The van der Waals surface area contributed by atoms with Gasteiger partial charge in [0.1, 0.15) is 5.82 Å². The number of primary amides is 1. The van der Waals surface area contributed by atoms with E-state index in [1.165, 1.54) is 12.8 Å². The number of nitrogens with two attached hydrogens (primary N) is 1. The summed E-state index contributed by atoms with van der Waals surface area (Å²) in [6, 6.07) is 6.73. The minimum absolute atomic E-state index is 0.192. The van der Waals surface area contributed by atoms with Gasteiger partial charge in [-0.2, -0.15) is 0 Å². The van der Waals surface area contributed by atoms with Crippen molar-refractivity contribution in [1.29, 1.82) is 0 Å². The number of fused-ring (bicyclic) bond motifs is 1. The van der Waals surface area contributed by atoms with Crippen LogP contribution in [0.5, 0.6) is 0 Å². The van der Waals surface area contributed by atoms with Crippen molar-refractivity contribution < 1.29 is 4.79 Å². The zero-order chi connectivity index (χ0) is 18.3. The van der Waals surface area contributed by atoms with Crippen LogP contribution < -0.4 is 11.3 Å². The van der Waals surface area contributed by atoms with Crippen molar-refractivity contribution in [1.82, 2.24) is 19.6 Å². The molecule has 134 valence electrons. The predicted octanol–water partition coefficient (Wildman–Crippen LogP) is 2.40. The van der Waals surface area contributed by atoms with Gasteiger partial charge >= 0.3 is 0 Å². The maximum absolute atomic E-state index is 12.7. The lowest BCUT2D eigenvalue weighted by Gasteiger charge is -2.08. The molecule has 0 bridgehead atoms. The smallest absolute Gasteiger partial charge is 0.277 e. The molecular weight excluding hydrogens is 330 g/mol. The number of carbonyl (C=O) groups excluding carboxylic acids is 1. The van der Waals surface area contributed by atoms with Crippen molar-refractivity contribution in [2.45, 2.75) is 44.9 Å². The number of imidazole rings is 1. The molecule has 0 unspecified atom stereocenters. The van der Waals surface area contributed by atoms with Gasteiger partial charge in [-0.25, -0.2) is 9.50 Å². The van der Waals surface area contributed by atoms with Crippen LogP contribution >= 0.6 is 0 Å². The van der Waals surface area contributed by atoms with Gasteiger partial charge in [-0.3, -0.25) is 9.59 Å². The van der Waals surface area contributed by atoms with Gasteiger partial charge < -0.3 is 10.7 Å². The molecule has 0 aliphatic heterocycles. The zero-order valence-corrected chi connectivity index (χ0v) is 14.7. The molecule has 7 nitrogen and oxygen atoms in total. The largest absolute Gasteiger partial charge is 0.366 e. The van der Waals surface area contributed by atoms with Crippen LogP contribution in [0.1, 0.15) is 60.4 Å². The monoisotopic (exact) mass is 351 g/mol. The number of aryl methyl sites for hydroxylation is 1. The minimum Gasteiger partial charge on any atom is -0.366 e. The van der Waals surface area contributed by atoms with Crippen molar-refractivity contribution >= 4 is 11.4 Å². The van der Waals surface area contributed by atoms with Gasteiger partial charge in [0, 0.05) is 17.0 Å². The molecule has 2 aromatic heterocycles. The zero-order valence-electron chi connectivity index (χ0n) is 14.7. The summed E-state index contributed by atoms with van der Waals surface area (Å²) >= 11 is 0. The van der Waals surface area contributed by atoms with Gasteiger partial charge in [0.25, 0.3) is 5.56 Å². The molecule has 0 radical (unpaired) electrons. The minimum atomic E-state index is -0.487. The van der Waals surface area contributed by atoms with Crippen LogP contribution in [0.2, 0.25) is 0 Å². The third-order valence-electron chi connectivity index (χ3n) is 5.10. The first-order chi connectivity index (χ1) is 12.6. The molecule has 2 heterocycles. The molecule has 1 aromatic carbocycles. The molecule has 1 fully saturated rings. The van der Waals surface area contributed by atoms with E-state index in [0.717, 1.165) is 29.9 Å². The summed E-state index contributed by atoms with van der Waals surface area (Å²) in [6.07, 6.45) is 5.23. The lowest BCUT2D eigenvalue weighted by Crippen LogP contribution is -2.16. The molecule has 1 aliphatic rings. The van der Waals surface area contributed by atoms with Crippen molar-refractivity contribution in [2.24, 2.45) is 5.73 Å². The van der Waals surface area contributed by atoms with Gasteiger partial charge in [0.15, 0.2) is 11.3 Å². The van der Waals surface area contributed by atoms with Gasteiger partial charge in [0.2, 0.25) is 5.91 Å². The number of aromatic amines is 1.